The lowest BCUT2D eigenvalue weighted by atomic mass is 9.99. The molecule has 1 saturated carbocycles. The number of ketones is 1. The molecule has 1 N–H and O–H groups in total. The normalized spacial score (nSPS) is 20.4. The van der Waals surface area contributed by atoms with Crippen LogP contribution in [0.4, 0.5) is 5.69 Å². The molecule has 1 aromatic carbocycles. The van der Waals surface area contributed by atoms with Crippen LogP contribution in [0.2, 0.25) is 0 Å². The van der Waals surface area contributed by atoms with E-state index >= 15 is 0 Å². The third-order valence-corrected chi connectivity index (χ3v) is 7.72. The van der Waals surface area contributed by atoms with Crippen LogP contribution in [0.3, 0.4) is 0 Å². The average Bonchev–Trinajstić information content (AvgIpc) is 3.51. The van der Waals surface area contributed by atoms with E-state index in [0.29, 0.717) is 23.4 Å². The van der Waals surface area contributed by atoms with Gasteiger partial charge in [0.25, 0.3) is 5.56 Å². The summed E-state index contributed by atoms with van der Waals surface area (Å²) < 4.78 is 1.43. The molecule has 3 aromatic rings. The molecule has 37 heavy (non-hydrogen) atoms. The van der Waals surface area contributed by atoms with Crippen LogP contribution < -0.4 is 15.8 Å². The number of pyridine rings is 1. The molecule has 1 saturated heterocycles. The fourth-order valence-electron chi connectivity index (χ4n) is 5.94. The first-order chi connectivity index (χ1) is 17.8. The molecule has 4 atom stereocenters. The topological polar surface area (TPSA) is 97.2 Å². The number of hydrogen-bond donors (Lipinski definition) is 1. The van der Waals surface area contributed by atoms with Crippen LogP contribution in [0.15, 0.2) is 53.8 Å². The third-order valence-electron chi connectivity index (χ3n) is 7.72. The summed E-state index contributed by atoms with van der Waals surface area (Å²) in [5.41, 5.74) is 2.19. The van der Waals surface area contributed by atoms with Crippen molar-refractivity contribution in [3.63, 3.8) is 0 Å². The van der Waals surface area contributed by atoms with Crippen molar-refractivity contribution in [2.24, 2.45) is 11.8 Å². The minimum atomic E-state index is -0.746. The molecular formula is C29H35N5O3. The van der Waals surface area contributed by atoms with Crippen molar-refractivity contribution in [1.82, 2.24) is 19.9 Å². The van der Waals surface area contributed by atoms with E-state index in [1.165, 1.54) is 37.1 Å². The molecule has 3 heterocycles. The van der Waals surface area contributed by atoms with E-state index in [1.807, 2.05) is 26.1 Å². The summed E-state index contributed by atoms with van der Waals surface area (Å²) in [6.07, 6.45) is 9.40. The zero-order valence-corrected chi connectivity index (χ0v) is 21.8. The molecule has 2 bridgehead atoms. The van der Waals surface area contributed by atoms with Crippen molar-refractivity contribution in [3.05, 3.63) is 65.0 Å². The highest BCUT2D eigenvalue weighted by atomic mass is 16.2. The fraction of sp³-hybridized carbons (Fsp3) is 0.483. The van der Waals surface area contributed by atoms with Gasteiger partial charge >= 0.3 is 0 Å². The van der Waals surface area contributed by atoms with E-state index in [-0.39, 0.29) is 29.6 Å². The number of anilines is 1. The first kappa shape index (κ1) is 25.1. The van der Waals surface area contributed by atoms with Gasteiger partial charge in [-0.3, -0.25) is 23.9 Å². The van der Waals surface area contributed by atoms with E-state index in [2.05, 4.69) is 26.3 Å². The smallest absolute Gasteiger partial charge is 0.261 e. The second kappa shape index (κ2) is 10.4. The number of nitrogens with one attached hydrogen (secondary N) is 1. The van der Waals surface area contributed by atoms with Gasteiger partial charge in [-0.1, -0.05) is 26.0 Å². The largest absolute Gasteiger partial charge is 0.367 e. The minimum Gasteiger partial charge on any atom is -0.367 e. The van der Waals surface area contributed by atoms with E-state index in [1.54, 1.807) is 24.4 Å². The van der Waals surface area contributed by atoms with Crippen LogP contribution in [0.5, 0.6) is 0 Å². The molecule has 1 aliphatic heterocycles. The van der Waals surface area contributed by atoms with Gasteiger partial charge in [-0.05, 0) is 68.2 Å². The van der Waals surface area contributed by atoms with Gasteiger partial charge < -0.3 is 10.2 Å². The van der Waals surface area contributed by atoms with Crippen LogP contribution in [0.25, 0.3) is 10.9 Å². The molecule has 0 spiro atoms. The molecule has 1 amide bonds. The number of para-hydroxylation sites is 1. The predicted octanol–water partition coefficient (Wildman–Crippen LogP) is 4.20. The molecule has 2 fully saturated rings. The van der Waals surface area contributed by atoms with E-state index in [0.717, 1.165) is 23.7 Å². The Labute approximate surface area is 217 Å². The Bertz CT molecular complexity index is 1370. The third kappa shape index (κ3) is 5.29. The second-order valence-corrected chi connectivity index (χ2v) is 11.0. The highest BCUT2D eigenvalue weighted by molar-refractivity contribution is 5.83. The molecule has 8 heteroatoms. The number of carbonyl (C=O) groups excluding carboxylic acids is 2. The number of carbonyl (C=O) groups is 2. The van der Waals surface area contributed by atoms with Crippen molar-refractivity contribution in [2.45, 2.75) is 71.0 Å². The molecule has 0 radical (unpaired) electrons. The standard InChI is InChI=1S/C29H35N5O3/c1-18(2)10-27(34-17-31-25-7-5-4-6-24(25)29(34)37)28(36)32-26(11-19(3)35)21-13-23(15-30-14-21)33-16-20-8-9-22(33)12-20/h4-7,13-15,17-18,20,22,26-27H,8-12,16H2,1-3H3,(H,32,36)/t20?,22?,26-,27-/m0/s1. The predicted molar refractivity (Wildman–Crippen MR) is 143 cm³/mol. The maximum Gasteiger partial charge on any atom is 0.261 e. The number of Topliss-reactive ketones (excluding diaryl/α,β-unsaturated/α-hetero) is 1. The SMILES string of the molecule is CC(=O)C[C@H](NC(=O)[C@H](CC(C)C)n1cnc2ccccc2c1=O)c1cncc(N2CC3CCC2C3)c1. The number of piperidine rings is 1. The highest BCUT2D eigenvalue weighted by Crippen LogP contribution is 2.40. The molecule has 2 aromatic heterocycles. The highest BCUT2D eigenvalue weighted by Gasteiger charge is 2.38. The van der Waals surface area contributed by atoms with Crippen molar-refractivity contribution in [2.75, 3.05) is 11.4 Å². The Balaban J connectivity index is 1.44. The Morgan fingerprint density at radius 2 is 1.97 bits per heavy atom. The van der Waals surface area contributed by atoms with Gasteiger partial charge in [0.1, 0.15) is 11.8 Å². The number of aromatic nitrogens is 3. The Kier molecular flexibility index (Phi) is 7.09. The molecule has 194 valence electrons. The first-order valence-electron chi connectivity index (χ1n) is 13.3. The van der Waals surface area contributed by atoms with Gasteiger partial charge in [0.15, 0.2) is 0 Å². The van der Waals surface area contributed by atoms with Gasteiger partial charge in [-0.15, -0.1) is 0 Å². The van der Waals surface area contributed by atoms with Crippen molar-refractivity contribution < 1.29 is 9.59 Å². The quantitative estimate of drug-likeness (QED) is 0.472. The molecule has 1 aliphatic carbocycles. The minimum absolute atomic E-state index is 0.0270. The molecule has 8 nitrogen and oxygen atoms in total. The number of amides is 1. The number of nitrogens with zero attached hydrogens (tertiary/aromatic N) is 4. The number of benzene rings is 1. The molecule has 2 aliphatic rings. The average molecular weight is 502 g/mol. The van der Waals surface area contributed by atoms with Crippen LogP contribution in [0, 0.1) is 11.8 Å². The Morgan fingerprint density at radius 1 is 1.16 bits per heavy atom. The van der Waals surface area contributed by atoms with Gasteiger partial charge in [0, 0.05) is 25.2 Å². The summed E-state index contributed by atoms with van der Waals surface area (Å²) >= 11 is 0. The zero-order chi connectivity index (χ0) is 26.1. The zero-order valence-electron chi connectivity index (χ0n) is 21.8. The first-order valence-corrected chi connectivity index (χ1v) is 13.3. The molecule has 5 rings (SSSR count). The monoisotopic (exact) mass is 501 g/mol. The van der Waals surface area contributed by atoms with E-state index in [4.69, 9.17) is 0 Å². The van der Waals surface area contributed by atoms with Gasteiger partial charge in [0.2, 0.25) is 5.91 Å². The maximum atomic E-state index is 13.7. The van der Waals surface area contributed by atoms with Gasteiger partial charge in [-0.2, -0.15) is 0 Å². The lowest BCUT2D eigenvalue weighted by Crippen LogP contribution is -2.40. The van der Waals surface area contributed by atoms with Crippen molar-refractivity contribution >= 4 is 28.3 Å². The van der Waals surface area contributed by atoms with Crippen LogP contribution in [-0.4, -0.2) is 38.8 Å². The number of hydrogen-bond acceptors (Lipinski definition) is 6. The van der Waals surface area contributed by atoms with Crippen molar-refractivity contribution in [3.8, 4) is 0 Å². The number of fused-ring (bicyclic) bond motifs is 3. The summed E-state index contributed by atoms with van der Waals surface area (Å²) in [6.45, 7) is 6.60. The van der Waals surface area contributed by atoms with Gasteiger partial charge in [-0.25, -0.2) is 4.98 Å². The Hall–Kier alpha value is -3.55. The van der Waals surface area contributed by atoms with Gasteiger partial charge in [0.05, 0.1) is 35.2 Å². The Morgan fingerprint density at radius 3 is 2.68 bits per heavy atom. The lowest BCUT2D eigenvalue weighted by Gasteiger charge is -2.30. The fourth-order valence-corrected chi connectivity index (χ4v) is 5.94. The lowest BCUT2D eigenvalue weighted by molar-refractivity contribution is -0.126. The summed E-state index contributed by atoms with van der Waals surface area (Å²) in [5, 5.41) is 3.57. The van der Waals surface area contributed by atoms with E-state index in [9.17, 15) is 14.4 Å². The summed E-state index contributed by atoms with van der Waals surface area (Å²) in [4.78, 5) is 50.6. The maximum absolute atomic E-state index is 13.7. The van der Waals surface area contributed by atoms with E-state index < -0.39 is 12.1 Å². The summed E-state index contributed by atoms with van der Waals surface area (Å²) in [6, 6.07) is 8.47. The van der Waals surface area contributed by atoms with Crippen LogP contribution in [0.1, 0.15) is 70.5 Å². The van der Waals surface area contributed by atoms with Crippen LogP contribution >= 0.6 is 0 Å². The summed E-state index contributed by atoms with van der Waals surface area (Å²) in [5.74, 6) is 0.577. The molecule has 2 unspecified atom stereocenters. The summed E-state index contributed by atoms with van der Waals surface area (Å²) in [7, 11) is 0. The second-order valence-electron chi connectivity index (χ2n) is 11.0. The molecular weight excluding hydrogens is 466 g/mol. The number of rotatable bonds is 9. The van der Waals surface area contributed by atoms with Crippen molar-refractivity contribution in [1.29, 1.82) is 0 Å². The van der Waals surface area contributed by atoms with Crippen LogP contribution in [-0.2, 0) is 9.59 Å².